The molecule has 3 heteroatoms. The predicted molar refractivity (Wildman–Crippen MR) is 70.3 cm³/mol. The molecule has 1 saturated heterocycles. The van der Waals surface area contributed by atoms with Crippen LogP contribution in [0.1, 0.15) is 19.4 Å². The van der Waals surface area contributed by atoms with Crippen LogP contribution in [-0.2, 0) is 6.54 Å². The Kier molecular flexibility index (Phi) is 4.02. The molecule has 94 valence electrons. The fourth-order valence-electron chi connectivity index (χ4n) is 2.40. The summed E-state index contributed by atoms with van der Waals surface area (Å²) in [4.78, 5) is 2.51. The minimum Gasteiger partial charge on any atom is -0.496 e. The average Bonchev–Trinajstić information content (AvgIpc) is 2.35. The Morgan fingerprint density at radius 2 is 2.12 bits per heavy atom. The maximum Gasteiger partial charge on any atom is 0.123 e. The first-order valence-electron chi connectivity index (χ1n) is 6.31. The van der Waals surface area contributed by atoms with Crippen molar-refractivity contribution in [2.24, 2.45) is 0 Å². The topological polar surface area (TPSA) is 24.5 Å². The number of nitrogens with one attached hydrogen (secondary N) is 1. The van der Waals surface area contributed by atoms with Crippen molar-refractivity contribution >= 4 is 0 Å². The number of ether oxygens (including phenoxy) is 1. The van der Waals surface area contributed by atoms with Gasteiger partial charge in [0.15, 0.2) is 0 Å². The Balaban J connectivity index is 2.09. The van der Waals surface area contributed by atoms with Crippen molar-refractivity contribution in [2.45, 2.75) is 32.5 Å². The normalized spacial score (nSPS) is 25.8. The molecule has 0 bridgehead atoms. The van der Waals surface area contributed by atoms with Crippen molar-refractivity contribution in [3.05, 3.63) is 29.8 Å². The van der Waals surface area contributed by atoms with Crippen LogP contribution in [-0.4, -0.2) is 37.2 Å². The van der Waals surface area contributed by atoms with E-state index in [-0.39, 0.29) is 0 Å². The van der Waals surface area contributed by atoms with Gasteiger partial charge in [0.1, 0.15) is 5.75 Å². The first-order chi connectivity index (χ1) is 8.22. The van der Waals surface area contributed by atoms with Gasteiger partial charge in [0.2, 0.25) is 0 Å². The lowest BCUT2D eigenvalue weighted by molar-refractivity contribution is 0.129. The Morgan fingerprint density at radius 1 is 1.35 bits per heavy atom. The van der Waals surface area contributed by atoms with Gasteiger partial charge in [-0.1, -0.05) is 18.2 Å². The highest BCUT2D eigenvalue weighted by atomic mass is 16.5. The van der Waals surface area contributed by atoms with Crippen LogP contribution in [0.2, 0.25) is 0 Å². The van der Waals surface area contributed by atoms with Crippen LogP contribution in [0.3, 0.4) is 0 Å². The average molecular weight is 234 g/mol. The molecular weight excluding hydrogens is 212 g/mol. The first kappa shape index (κ1) is 12.4. The number of hydrogen-bond acceptors (Lipinski definition) is 3. The molecule has 2 rings (SSSR count). The molecule has 0 aliphatic carbocycles. The van der Waals surface area contributed by atoms with Gasteiger partial charge < -0.3 is 10.1 Å². The highest BCUT2D eigenvalue weighted by Gasteiger charge is 2.24. The molecule has 0 aromatic heterocycles. The summed E-state index contributed by atoms with van der Waals surface area (Å²) in [5.41, 5.74) is 1.27. The van der Waals surface area contributed by atoms with E-state index in [1.54, 1.807) is 7.11 Å². The molecule has 1 aromatic rings. The second kappa shape index (κ2) is 5.52. The lowest BCUT2D eigenvalue weighted by atomic mass is 10.1. The van der Waals surface area contributed by atoms with Gasteiger partial charge in [0.05, 0.1) is 7.11 Å². The Hall–Kier alpha value is -1.06. The predicted octanol–water partition coefficient (Wildman–Crippen LogP) is 1.88. The van der Waals surface area contributed by atoms with Gasteiger partial charge in [0, 0.05) is 37.3 Å². The zero-order valence-electron chi connectivity index (χ0n) is 10.9. The van der Waals surface area contributed by atoms with Gasteiger partial charge in [-0.05, 0) is 19.9 Å². The van der Waals surface area contributed by atoms with Gasteiger partial charge in [-0.25, -0.2) is 0 Å². The molecule has 1 aliphatic rings. The van der Waals surface area contributed by atoms with Crippen molar-refractivity contribution in [3.63, 3.8) is 0 Å². The van der Waals surface area contributed by atoms with Crippen molar-refractivity contribution in [3.8, 4) is 5.75 Å². The largest absolute Gasteiger partial charge is 0.496 e. The number of para-hydroxylation sites is 1. The maximum absolute atomic E-state index is 5.41. The highest BCUT2D eigenvalue weighted by Crippen LogP contribution is 2.21. The van der Waals surface area contributed by atoms with E-state index in [9.17, 15) is 0 Å². The zero-order valence-corrected chi connectivity index (χ0v) is 10.9. The monoisotopic (exact) mass is 234 g/mol. The summed E-state index contributed by atoms with van der Waals surface area (Å²) in [7, 11) is 1.74. The molecule has 3 nitrogen and oxygen atoms in total. The molecule has 1 fully saturated rings. The minimum absolute atomic E-state index is 0.554. The molecular formula is C14H22N2O. The van der Waals surface area contributed by atoms with Crippen LogP contribution >= 0.6 is 0 Å². The zero-order chi connectivity index (χ0) is 12.3. The van der Waals surface area contributed by atoms with Crippen LogP contribution in [0.5, 0.6) is 5.75 Å². The summed E-state index contributed by atoms with van der Waals surface area (Å²) in [6.45, 7) is 7.67. The number of hydrogen-bond donors (Lipinski definition) is 1. The van der Waals surface area contributed by atoms with Gasteiger partial charge >= 0.3 is 0 Å². The van der Waals surface area contributed by atoms with E-state index >= 15 is 0 Å². The molecule has 1 N–H and O–H groups in total. The molecule has 2 atom stereocenters. The summed E-state index contributed by atoms with van der Waals surface area (Å²) in [5.74, 6) is 0.992. The number of methoxy groups -OCH3 is 1. The molecule has 1 aliphatic heterocycles. The number of benzene rings is 1. The summed E-state index contributed by atoms with van der Waals surface area (Å²) >= 11 is 0. The Labute approximate surface area is 104 Å². The van der Waals surface area contributed by atoms with E-state index in [1.165, 1.54) is 5.56 Å². The smallest absolute Gasteiger partial charge is 0.123 e. The Bertz CT molecular complexity index is 367. The first-order valence-corrected chi connectivity index (χ1v) is 6.31. The van der Waals surface area contributed by atoms with Crippen LogP contribution in [0.4, 0.5) is 0 Å². The minimum atomic E-state index is 0.554. The third-order valence-electron chi connectivity index (χ3n) is 3.73. The lowest BCUT2D eigenvalue weighted by Crippen LogP contribution is -2.54. The number of nitrogens with zero attached hydrogens (tertiary/aromatic N) is 1. The van der Waals surface area contributed by atoms with E-state index < -0.39 is 0 Å². The van der Waals surface area contributed by atoms with Crippen LogP contribution in [0.25, 0.3) is 0 Å². The SMILES string of the molecule is COc1ccccc1CN1CCNC(C)C1C. The van der Waals surface area contributed by atoms with Crippen molar-refractivity contribution in [1.82, 2.24) is 10.2 Å². The molecule has 2 unspecified atom stereocenters. The maximum atomic E-state index is 5.41. The third kappa shape index (κ3) is 2.79. The Morgan fingerprint density at radius 3 is 2.88 bits per heavy atom. The molecule has 1 heterocycles. The van der Waals surface area contributed by atoms with Gasteiger partial charge in [-0.3, -0.25) is 4.90 Å². The molecule has 1 aromatic carbocycles. The second-order valence-electron chi connectivity index (χ2n) is 4.77. The standard InChI is InChI=1S/C14H22N2O/c1-11-12(2)16(9-8-15-11)10-13-6-4-5-7-14(13)17-3/h4-7,11-12,15H,8-10H2,1-3H3. The van der Waals surface area contributed by atoms with Gasteiger partial charge in [0.25, 0.3) is 0 Å². The molecule has 0 spiro atoms. The third-order valence-corrected chi connectivity index (χ3v) is 3.73. The van der Waals surface area contributed by atoms with Crippen molar-refractivity contribution in [1.29, 1.82) is 0 Å². The molecule has 17 heavy (non-hydrogen) atoms. The van der Waals surface area contributed by atoms with Crippen LogP contribution in [0, 0.1) is 0 Å². The quantitative estimate of drug-likeness (QED) is 0.864. The van der Waals surface area contributed by atoms with Gasteiger partial charge in [-0.2, -0.15) is 0 Å². The van der Waals surface area contributed by atoms with E-state index in [2.05, 4.69) is 36.2 Å². The molecule has 0 saturated carbocycles. The van der Waals surface area contributed by atoms with E-state index in [1.807, 2.05) is 12.1 Å². The van der Waals surface area contributed by atoms with E-state index in [0.717, 1.165) is 25.4 Å². The number of piperazine rings is 1. The summed E-state index contributed by atoms with van der Waals surface area (Å²) in [6.07, 6.45) is 0. The summed E-state index contributed by atoms with van der Waals surface area (Å²) in [5, 5.41) is 3.50. The van der Waals surface area contributed by atoms with Crippen molar-refractivity contribution in [2.75, 3.05) is 20.2 Å². The molecule has 0 amide bonds. The van der Waals surface area contributed by atoms with Crippen LogP contribution in [0.15, 0.2) is 24.3 Å². The van der Waals surface area contributed by atoms with E-state index in [0.29, 0.717) is 12.1 Å². The highest BCUT2D eigenvalue weighted by molar-refractivity contribution is 5.33. The molecule has 0 radical (unpaired) electrons. The summed E-state index contributed by atoms with van der Waals surface area (Å²) < 4.78 is 5.41. The lowest BCUT2D eigenvalue weighted by Gasteiger charge is -2.38. The second-order valence-corrected chi connectivity index (χ2v) is 4.77. The fraction of sp³-hybridized carbons (Fsp3) is 0.571. The fourth-order valence-corrected chi connectivity index (χ4v) is 2.40. The van der Waals surface area contributed by atoms with E-state index in [4.69, 9.17) is 4.74 Å². The van der Waals surface area contributed by atoms with Crippen molar-refractivity contribution < 1.29 is 4.74 Å². The summed E-state index contributed by atoms with van der Waals surface area (Å²) in [6, 6.07) is 9.40. The number of rotatable bonds is 3. The van der Waals surface area contributed by atoms with Crippen LogP contribution < -0.4 is 10.1 Å². The van der Waals surface area contributed by atoms with Gasteiger partial charge in [-0.15, -0.1) is 0 Å².